The van der Waals surface area contributed by atoms with Crippen LogP contribution in [-0.2, 0) is 19.1 Å². The van der Waals surface area contributed by atoms with E-state index >= 15 is 0 Å². The molecule has 0 aromatic heterocycles. The van der Waals surface area contributed by atoms with Crippen LogP contribution in [0.1, 0.15) is 6.92 Å². The molecule has 0 radical (unpaired) electrons. The molecule has 1 aliphatic heterocycles. The minimum Gasteiger partial charge on any atom is -0.475 e. The fourth-order valence-corrected chi connectivity index (χ4v) is 1.83. The standard InChI is InChI=1S/C11H15N5O5/c1-5(17)13-8-6(14-15-12)4-7(11(19)20)21-9(8)10(18)16(2)3/h4,6,8-9H,1-3H3,(H,13,17)(H,19,20)/t6-,8+,9+/m0/s1. The van der Waals surface area contributed by atoms with Gasteiger partial charge in [-0.05, 0) is 11.6 Å². The van der Waals surface area contributed by atoms with E-state index in [4.69, 9.17) is 15.4 Å². The number of carbonyl (C=O) groups is 3. The molecular formula is C11H15N5O5. The molecule has 1 rings (SSSR count). The predicted octanol–water partition coefficient (Wildman–Crippen LogP) is -0.374. The van der Waals surface area contributed by atoms with E-state index in [9.17, 15) is 14.4 Å². The van der Waals surface area contributed by atoms with Crippen LogP contribution in [0.3, 0.4) is 0 Å². The van der Waals surface area contributed by atoms with Gasteiger partial charge in [0.15, 0.2) is 6.10 Å². The van der Waals surface area contributed by atoms with Crippen molar-refractivity contribution < 1.29 is 24.2 Å². The Hall–Kier alpha value is -2.74. The minimum absolute atomic E-state index is 0.467. The lowest BCUT2D eigenvalue weighted by Crippen LogP contribution is -2.57. The van der Waals surface area contributed by atoms with E-state index in [0.29, 0.717) is 0 Å². The molecular weight excluding hydrogens is 282 g/mol. The largest absolute Gasteiger partial charge is 0.475 e. The molecule has 0 saturated heterocycles. The molecule has 0 aliphatic carbocycles. The van der Waals surface area contributed by atoms with Crippen molar-refractivity contribution >= 4 is 17.8 Å². The van der Waals surface area contributed by atoms with E-state index in [0.717, 1.165) is 6.08 Å². The number of nitrogens with zero attached hydrogens (tertiary/aromatic N) is 4. The first kappa shape index (κ1) is 16.3. The van der Waals surface area contributed by atoms with Crippen molar-refractivity contribution in [2.75, 3.05) is 14.1 Å². The average Bonchev–Trinajstić information content (AvgIpc) is 2.38. The summed E-state index contributed by atoms with van der Waals surface area (Å²) in [5, 5.41) is 14.9. The Morgan fingerprint density at radius 1 is 1.48 bits per heavy atom. The predicted molar refractivity (Wildman–Crippen MR) is 69.8 cm³/mol. The van der Waals surface area contributed by atoms with Crippen molar-refractivity contribution in [1.29, 1.82) is 0 Å². The Kier molecular flexibility index (Phi) is 5.14. The molecule has 0 aromatic rings. The zero-order valence-corrected chi connectivity index (χ0v) is 11.7. The number of nitrogens with one attached hydrogen (secondary N) is 1. The number of carbonyl (C=O) groups excluding carboxylic acids is 2. The molecule has 1 aliphatic rings. The Morgan fingerprint density at radius 3 is 2.52 bits per heavy atom. The van der Waals surface area contributed by atoms with Crippen LogP contribution in [0, 0.1) is 0 Å². The number of carboxylic acid groups (broad SMARTS) is 1. The van der Waals surface area contributed by atoms with Crippen LogP contribution < -0.4 is 5.32 Å². The number of hydrogen-bond donors (Lipinski definition) is 2. The molecule has 0 spiro atoms. The van der Waals surface area contributed by atoms with Crippen molar-refractivity contribution in [3.63, 3.8) is 0 Å². The maximum Gasteiger partial charge on any atom is 0.370 e. The smallest absolute Gasteiger partial charge is 0.370 e. The first-order chi connectivity index (χ1) is 9.77. The third-order valence-electron chi connectivity index (χ3n) is 2.72. The van der Waals surface area contributed by atoms with E-state index in [1.54, 1.807) is 0 Å². The van der Waals surface area contributed by atoms with Gasteiger partial charge in [0.05, 0.1) is 12.1 Å². The highest BCUT2D eigenvalue weighted by Gasteiger charge is 2.41. The van der Waals surface area contributed by atoms with Crippen molar-refractivity contribution in [2.45, 2.75) is 25.1 Å². The molecule has 10 nitrogen and oxygen atoms in total. The summed E-state index contributed by atoms with van der Waals surface area (Å²) < 4.78 is 5.13. The number of aliphatic carboxylic acids is 1. The zero-order valence-electron chi connectivity index (χ0n) is 11.7. The van der Waals surface area contributed by atoms with Gasteiger partial charge in [0.1, 0.15) is 0 Å². The number of amides is 2. The lowest BCUT2D eigenvalue weighted by Gasteiger charge is -2.35. The Bertz CT molecular complexity index is 537. The molecule has 1 heterocycles. The van der Waals surface area contributed by atoms with Crippen molar-refractivity contribution in [3.05, 3.63) is 22.3 Å². The van der Waals surface area contributed by atoms with Crippen molar-refractivity contribution in [2.24, 2.45) is 5.11 Å². The lowest BCUT2D eigenvalue weighted by atomic mass is 9.97. The summed E-state index contributed by atoms with van der Waals surface area (Å²) in [6.45, 7) is 1.22. The second kappa shape index (κ2) is 6.62. The maximum atomic E-state index is 12.1. The summed E-state index contributed by atoms with van der Waals surface area (Å²) >= 11 is 0. The summed E-state index contributed by atoms with van der Waals surface area (Å²) in [6.07, 6.45) is -0.238. The van der Waals surface area contributed by atoms with Crippen LogP contribution in [0.5, 0.6) is 0 Å². The normalized spacial score (nSPS) is 24.0. The van der Waals surface area contributed by atoms with E-state index in [1.165, 1.54) is 25.9 Å². The lowest BCUT2D eigenvalue weighted by molar-refractivity contribution is -0.147. The fourth-order valence-electron chi connectivity index (χ4n) is 1.83. The molecule has 0 aromatic carbocycles. The molecule has 21 heavy (non-hydrogen) atoms. The summed E-state index contributed by atoms with van der Waals surface area (Å²) in [7, 11) is 2.91. The second-order valence-corrected chi connectivity index (χ2v) is 4.53. The van der Waals surface area contributed by atoms with Gasteiger partial charge in [-0.3, -0.25) is 9.59 Å². The van der Waals surface area contributed by atoms with Crippen LogP contribution in [0.4, 0.5) is 0 Å². The van der Waals surface area contributed by atoms with E-state index in [1.807, 2.05) is 0 Å². The van der Waals surface area contributed by atoms with Crippen LogP contribution in [0.2, 0.25) is 0 Å². The maximum absolute atomic E-state index is 12.1. The number of likely N-dealkylation sites (N-methyl/N-ethyl adjacent to an activating group) is 1. The molecule has 0 unspecified atom stereocenters. The van der Waals surface area contributed by atoms with Crippen LogP contribution in [0.25, 0.3) is 10.4 Å². The Morgan fingerprint density at radius 2 is 2.10 bits per heavy atom. The van der Waals surface area contributed by atoms with Gasteiger partial charge in [0.25, 0.3) is 5.91 Å². The summed E-state index contributed by atoms with van der Waals surface area (Å²) in [6, 6.07) is -2.04. The van der Waals surface area contributed by atoms with Gasteiger partial charge in [-0.25, -0.2) is 4.79 Å². The summed E-state index contributed by atoms with van der Waals surface area (Å²) in [5.41, 5.74) is 8.56. The number of hydrogen-bond acceptors (Lipinski definition) is 5. The molecule has 0 saturated carbocycles. The van der Waals surface area contributed by atoms with Gasteiger partial charge in [0, 0.05) is 25.9 Å². The summed E-state index contributed by atoms with van der Waals surface area (Å²) in [4.78, 5) is 38.2. The van der Waals surface area contributed by atoms with Gasteiger partial charge in [0.2, 0.25) is 11.7 Å². The first-order valence-corrected chi connectivity index (χ1v) is 5.92. The molecule has 3 atom stereocenters. The Labute approximate surface area is 120 Å². The van der Waals surface area contributed by atoms with Crippen LogP contribution in [-0.4, -0.2) is 60.1 Å². The van der Waals surface area contributed by atoms with Gasteiger partial charge < -0.3 is 20.1 Å². The van der Waals surface area contributed by atoms with E-state index in [2.05, 4.69) is 15.3 Å². The van der Waals surface area contributed by atoms with Gasteiger partial charge in [-0.15, -0.1) is 0 Å². The highest BCUT2D eigenvalue weighted by molar-refractivity contribution is 5.88. The highest BCUT2D eigenvalue weighted by Crippen LogP contribution is 2.22. The molecule has 10 heteroatoms. The second-order valence-electron chi connectivity index (χ2n) is 4.53. The zero-order chi connectivity index (χ0) is 16.2. The average molecular weight is 297 g/mol. The van der Waals surface area contributed by atoms with Crippen molar-refractivity contribution in [3.8, 4) is 0 Å². The quantitative estimate of drug-likeness (QED) is 0.413. The number of carboxylic acids is 1. The number of ether oxygens (including phenoxy) is 1. The number of rotatable bonds is 4. The molecule has 0 fully saturated rings. The molecule has 2 amide bonds. The molecule has 2 N–H and O–H groups in total. The van der Waals surface area contributed by atoms with E-state index in [-0.39, 0.29) is 0 Å². The molecule has 0 bridgehead atoms. The van der Waals surface area contributed by atoms with Crippen LogP contribution >= 0.6 is 0 Å². The first-order valence-electron chi connectivity index (χ1n) is 5.92. The Balaban J connectivity index is 3.27. The topological polar surface area (TPSA) is 145 Å². The minimum atomic E-state index is -1.40. The third-order valence-corrected chi connectivity index (χ3v) is 2.72. The van der Waals surface area contributed by atoms with Crippen molar-refractivity contribution in [1.82, 2.24) is 10.2 Å². The van der Waals surface area contributed by atoms with E-state index < -0.39 is 41.7 Å². The molecule has 114 valence electrons. The van der Waals surface area contributed by atoms with Crippen LogP contribution in [0.15, 0.2) is 16.9 Å². The van der Waals surface area contributed by atoms with Gasteiger partial charge >= 0.3 is 5.97 Å². The summed E-state index contributed by atoms with van der Waals surface area (Å²) in [5.74, 6) is -2.93. The number of azide groups is 1. The van der Waals surface area contributed by atoms with Gasteiger partial charge in [-0.2, -0.15) is 0 Å². The third kappa shape index (κ3) is 3.86. The highest BCUT2D eigenvalue weighted by atomic mass is 16.5. The monoisotopic (exact) mass is 297 g/mol. The fraction of sp³-hybridized carbons (Fsp3) is 0.545. The SMILES string of the molecule is CC(=O)N[C@@H]1[C@@H](N=[N+]=[N-])C=C(C(=O)O)O[C@H]1C(=O)N(C)C. The van der Waals surface area contributed by atoms with Gasteiger partial charge in [-0.1, -0.05) is 5.11 Å².